The quantitative estimate of drug-likeness (QED) is 0.231. The third kappa shape index (κ3) is 8.67. The molecule has 2 rings (SSSR count). The van der Waals surface area contributed by atoms with Crippen LogP contribution in [0.1, 0.15) is 16.9 Å². The summed E-state index contributed by atoms with van der Waals surface area (Å²) in [5.74, 6) is 0.861. The number of halogens is 1. The Morgan fingerprint density at radius 1 is 1.28 bits per heavy atom. The maximum Gasteiger partial charge on any atom is 0.191 e. The van der Waals surface area contributed by atoms with Gasteiger partial charge in [-0.3, -0.25) is 9.89 Å². The first kappa shape index (κ1) is 22.6. The number of hydrogen-bond acceptors (Lipinski definition) is 5. The molecule has 0 saturated carbocycles. The van der Waals surface area contributed by atoms with E-state index in [0.717, 1.165) is 51.7 Å². The normalized spacial score (nSPS) is 14.7. The van der Waals surface area contributed by atoms with Crippen molar-refractivity contribution in [1.82, 2.24) is 15.5 Å². The Hall–Kier alpha value is -0.420. The molecule has 0 atom stereocenters. The molecule has 2 heterocycles. The zero-order valence-corrected chi connectivity index (χ0v) is 18.4. The van der Waals surface area contributed by atoms with Gasteiger partial charge in [0.1, 0.15) is 0 Å². The molecular formula is C17H31IN4O2S. The molecule has 0 aliphatic carbocycles. The highest BCUT2D eigenvalue weighted by atomic mass is 127. The summed E-state index contributed by atoms with van der Waals surface area (Å²) >= 11 is 1.89. The van der Waals surface area contributed by atoms with Gasteiger partial charge in [-0.2, -0.15) is 0 Å². The minimum atomic E-state index is 0. The zero-order valence-electron chi connectivity index (χ0n) is 15.3. The molecular weight excluding hydrogens is 451 g/mol. The number of nitrogens with one attached hydrogen (secondary N) is 2. The molecule has 0 saturated heterocycles. The molecule has 0 unspecified atom stereocenters. The van der Waals surface area contributed by atoms with E-state index < -0.39 is 0 Å². The number of thiophene rings is 1. The number of aliphatic imine (C=N–C) groups is 1. The highest BCUT2D eigenvalue weighted by molar-refractivity contribution is 14.0. The van der Waals surface area contributed by atoms with Crippen LogP contribution in [0.25, 0.3) is 0 Å². The van der Waals surface area contributed by atoms with Gasteiger partial charge < -0.3 is 20.1 Å². The maximum atomic E-state index is 5.44. The van der Waals surface area contributed by atoms with Crippen LogP contribution in [0.3, 0.4) is 0 Å². The lowest BCUT2D eigenvalue weighted by Crippen LogP contribution is -2.42. The third-order valence-corrected chi connectivity index (χ3v) is 5.04. The van der Waals surface area contributed by atoms with E-state index in [0.29, 0.717) is 13.2 Å². The van der Waals surface area contributed by atoms with Gasteiger partial charge in [0, 0.05) is 58.4 Å². The van der Waals surface area contributed by atoms with Crippen LogP contribution >= 0.6 is 35.3 Å². The molecule has 1 aliphatic rings. The molecule has 1 aliphatic heterocycles. The van der Waals surface area contributed by atoms with Gasteiger partial charge in [-0.25, -0.2) is 0 Å². The van der Waals surface area contributed by atoms with E-state index in [1.54, 1.807) is 12.0 Å². The smallest absolute Gasteiger partial charge is 0.191 e. The van der Waals surface area contributed by atoms with Crippen LogP contribution in [-0.2, 0) is 22.4 Å². The summed E-state index contributed by atoms with van der Waals surface area (Å²) in [5, 5.41) is 8.91. The molecule has 0 fully saturated rings. The van der Waals surface area contributed by atoms with Crippen molar-refractivity contribution < 1.29 is 9.47 Å². The molecule has 1 aromatic heterocycles. The molecule has 0 aromatic carbocycles. The van der Waals surface area contributed by atoms with Crippen LogP contribution in [0.15, 0.2) is 16.4 Å². The van der Waals surface area contributed by atoms with Crippen molar-refractivity contribution in [1.29, 1.82) is 0 Å². The van der Waals surface area contributed by atoms with Gasteiger partial charge in [0.05, 0.1) is 13.2 Å². The third-order valence-electron chi connectivity index (χ3n) is 4.02. The molecule has 2 N–H and O–H groups in total. The van der Waals surface area contributed by atoms with E-state index in [-0.39, 0.29) is 24.0 Å². The van der Waals surface area contributed by atoms with Crippen molar-refractivity contribution in [2.45, 2.75) is 19.4 Å². The predicted molar refractivity (Wildman–Crippen MR) is 115 cm³/mol. The number of guanidine groups is 1. The highest BCUT2D eigenvalue weighted by Crippen LogP contribution is 2.23. The Morgan fingerprint density at radius 3 is 2.92 bits per heavy atom. The second-order valence-corrected chi connectivity index (χ2v) is 6.78. The first-order chi connectivity index (χ1) is 11.8. The van der Waals surface area contributed by atoms with E-state index in [1.807, 2.05) is 18.4 Å². The van der Waals surface area contributed by atoms with Crippen LogP contribution in [0, 0.1) is 0 Å². The Labute approximate surface area is 172 Å². The van der Waals surface area contributed by atoms with E-state index in [1.165, 1.54) is 12.0 Å². The van der Waals surface area contributed by atoms with Crippen molar-refractivity contribution in [3.63, 3.8) is 0 Å². The van der Waals surface area contributed by atoms with E-state index in [2.05, 4.69) is 32.0 Å². The average Bonchev–Trinajstić information content (AvgIpc) is 3.07. The summed E-state index contributed by atoms with van der Waals surface area (Å²) < 4.78 is 10.4. The first-order valence-electron chi connectivity index (χ1n) is 8.62. The largest absolute Gasteiger partial charge is 0.382 e. The molecule has 1 aromatic rings. The fourth-order valence-corrected chi connectivity index (χ4v) is 3.57. The second-order valence-electron chi connectivity index (χ2n) is 5.78. The second kappa shape index (κ2) is 13.7. The first-order valence-corrected chi connectivity index (χ1v) is 9.50. The molecule has 0 bridgehead atoms. The van der Waals surface area contributed by atoms with E-state index in [9.17, 15) is 0 Å². The SMILES string of the molecule is CN=C(NCCCOCCOC)NCCN1CCc2sccc2C1.I. The number of rotatable bonds is 10. The van der Waals surface area contributed by atoms with Crippen LogP contribution in [0.5, 0.6) is 0 Å². The predicted octanol–water partition coefficient (Wildman–Crippen LogP) is 1.94. The molecule has 25 heavy (non-hydrogen) atoms. The number of hydrogen-bond donors (Lipinski definition) is 2. The summed E-state index contributed by atoms with van der Waals surface area (Å²) in [7, 11) is 3.49. The van der Waals surface area contributed by atoms with Gasteiger partial charge in [-0.05, 0) is 29.9 Å². The van der Waals surface area contributed by atoms with Gasteiger partial charge in [0.15, 0.2) is 5.96 Å². The number of ether oxygens (including phenoxy) is 2. The van der Waals surface area contributed by atoms with Crippen LogP contribution < -0.4 is 10.6 Å². The van der Waals surface area contributed by atoms with E-state index >= 15 is 0 Å². The Kier molecular flexibility index (Phi) is 12.4. The molecule has 0 amide bonds. The van der Waals surface area contributed by atoms with Gasteiger partial charge in [0.2, 0.25) is 0 Å². The van der Waals surface area contributed by atoms with Gasteiger partial charge in [-0.15, -0.1) is 35.3 Å². The summed E-state index contributed by atoms with van der Waals surface area (Å²) in [6, 6.07) is 2.26. The van der Waals surface area contributed by atoms with Crippen molar-refractivity contribution in [2.24, 2.45) is 4.99 Å². The Morgan fingerprint density at radius 2 is 2.12 bits per heavy atom. The fourth-order valence-electron chi connectivity index (χ4n) is 2.68. The minimum Gasteiger partial charge on any atom is -0.382 e. The lowest BCUT2D eigenvalue weighted by Gasteiger charge is -2.27. The van der Waals surface area contributed by atoms with Gasteiger partial charge >= 0.3 is 0 Å². The summed E-state index contributed by atoms with van der Waals surface area (Å²) in [6.45, 7) is 7.08. The fraction of sp³-hybridized carbons (Fsp3) is 0.706. The molecule has 0 spiro atoms. The molecule has 0 radical (unpaired) electrons. The summed E-state index contributed by atoms with van der Waals surface area (Å²) in [5.41, 5.74) is 1.50. The topological polar surface area (TPSA) is 58.1 Å². The molecule has 8 heteroatoms. The van der Waals surface area contributed by atoms with Crippen LogP contribution in [0.2, 0.25) is 0 Å². The van der Waals surface area contributed by atoms with Crippen molar-refractivity contribution in [3.8, 4) is 0 Å². The maximum absolute atomic E-state index is 5.44. The Bertz CT molecular complexity index is 499. The molecule has 144 valence electrons. The van der Waals surface area contributed by atoms with Crippen molar-refractivity contribution in [3.05, 3.63) is 21.9 Å². The highest BCUT2D eigenvalue weighted by Gasteiger charge is 2.16. The Balaban J connectivity index is 0.00000312. The van der Waals surface area contributed by atoms with Crippen molar-refractivity contribution in [2.75, 3.05) is 60.2 Å². The van der Waals surface area contributed by atoms with Crippen LogP contribution in [-0.4, -0.2) is 71.0 Å². The lowest BCUT2D eigenvalue weighted by atomic mass is 10.1. The summed E-state index contributed by atoms with van der Waals surface area (Å²) in [6.07, 6.45) is 2.14. The lowest BCUT2D eigenvalue weighted by molar-refractivity contribution is 0.0698. The standard InChI is InChI=1S/C17H30N4O2S.HI/c1-18-17(19-6-3-10-23-12-11-22-2)20-7-9-21-8-4-16-15(14-21)5-13-24-16;/h5,13H,3-4,6-12,14H2,1-2H3,(H2,18,19,20);1H. The van der Waals surface area contributed by atoms with Crippen LogP contribution in [0.4, 0.5) is 0 Å². The number of nitrogens with zero attached hydrogens (tertiary/aromatic N) is 2. The zero-order chi connectivity index (χ0) is 17.0. The monoisotopic (exact) mass is 482 g/mol. The molecule has 6 nitrogen and oxygen atoms in total. The number of fused-ring (bicyclic) bond motifs is 1. The van der Waals surface area contributed by atoms with E-state index in [4.69, 9.17) is 9.47 Å². The summed E-state index contributed by atoms with van der Waals surface area (Å²) in [4.78, 5) is 8.32. The van der Waals surface area contributed by atoms with Crippen molar-refractivity contribution >= 4 is 41.3 Å². The van der Waals surface area contributed by atoms with Gasteiger partial charge in [0.25, 0.3) is 0 Å². The van der Waals surface area contributed by atoms with Gasteiger partial charge in [-0.1, -0.05) is 0 Å². The average molecular weight is 482 g/mol. The minimum absolute atomic E-state index is 0. The number of methoxy groups -OCH3 is 1.